The Kier molecular flexibility index (Phi) is 3.78. The summed E-state index contributed by atoms with van der Waals surface area (Å²) >= 11 is 6.09. The first-order valence-electron chi connectivity index (χ1n) is 6.87. The second-order valence-corrected chi connectivity index (χ2v) is 5.99. The van der Waals surface area contributed by atoms with E-state index in [1.54, 1.807) is 0 Å². The summed E-state index contributed by atoms with van der Waals surface area (Å²) in [5.41, 5.74) is 0.130. The SMILES string of the molecule is CC1=c2c(ccc3c2=C(Cl)C=CN3)N(CC(F)(F)F)C1C(F)(F)F. The molecule has 2 aliphatic heterocycles. The van der Waals surface area contributed by atoms with E-state index < -0.39 is 24.9 Å². The molecule has 130 valence electrons. The van der Waals surface area contributed by atoms with Crippen LogP contribution in [-0.4, -0.2) is 24.9 Å². The molecule has 0 radical (unpaired) electrons. The molecule has 0 amide bonds. The molecular formula is C15H11ClF6N2. The Bertz CT molecular complexity index is 837. The van der Waals surface area contributed by atoms with Gasteiger partial charge in [0.1, 0.15) is 12.6 Å². The van der Waals surface area contributed by atoms with Crippen LogP contribution in [0.25, 0.3) is 10.6 Å². The third-order valence-electron chi connectivity index (χ3n) is 3.98. The summed E-state index contributed by atoms with van der Waals surface area (Å²) in [6.45, 7) is -0.503. The second-order valence-electron chi connectivity index (χ2n) is 5.58. The fraction of sp³-hybridized carbons (Fsp3) is 0.333. The maximum atomic E-state index is 13.4. The molecule has 1 atom stereocenters. The molecular weight excluding hydrogens is 358 g/mol. The Morgan fingerprint density at radius 3 is 2.38 bits per heavy atom. The number of anilines is 2. The van der Waals surface area contributed by atoms with Gasteiger partial charge in [-0.05, 0) is 30.7 Å². The van der Waals surface area contributed by atoms with E-state index in [9.17, 15) is 26.3 Å². The zero-order chi connectivity index (χ0) is 17.9. The number of benzene rings is 1. The van der Waals surface area contributed by atoms with E-state index in [2.05, 4.69) is 5.32 Å². The Balaban J connectivity index is 2.33. The third-order valence-corrected chi connectivity index (χ3v) is 4.29. The van der Waals surface area contributed by atoms with Crippen molar-refractivity contribution in [1.29, 1.82) is 0 Å². The first-order valence-corrected chi connectivity index (χ1v) is 7.25. The fourth-order valence-corrected chi connectivity index (χ4v) is 3.45. The number of halogens is 7. The number of alkyl halides is 6. The molecule has 24 heavy (non-hydrogen) atoms. The Morgan fingerprint density at radius 2 is 1.79 bits per heavy atom. The minimum Gasteiger partial charge on any atom is -0.361 e. The lowest BCUT2D eigenvalue weighted by Crippen LogP contribution is -2.47. The molecule has 1 aromatic rings. The molecule has 0 saturated heterocycles. The number of nitrogens with one attached hydrogen (secondary N) is 1. The summed E-state index contributed by atoms with van der Waals surface area (Å²) in [5, 5.41) is 3.40. The summed E-state index contributed by atoms with van der Waals surface area (Å²) in [4.78, 5) is 0.341. The van der Waals surface area contributed by atoms with Crippen molar-refractivity contribution in [2.75, 3.05) is 16.8 Å². The van der Waals surface area contributed by atoms with Crippen molar-refractivity contribution in [3.63, 3.8) is 0 Å². The van der Waals surface area contributed by atoms with Crippen LogP contribution in [0.2, 0.25) is 0 Å². The van der Waals surface area contributed by atoms with Crippen molar-refractivity contribution in [1.82, 2.24) is 0 Å². The highest BCUT2D eigenvalue weighted by atomic mass is 35.5. The van der Waals surface area contributed by atoms with Gasteiger partial charge in [-0.15, -0.1) is 0 Å². The van der Waals surface area contributed by atoms with Gasteiger partial charge < -0.3 is 10.2 Å². The van der Waals surface area contributed by atoms with E-state index >= 15 is 0 Å². The highest BCUT2D eigenvalue weighted by Crippen LogP contribution is 2.38. The zero-order valence-corrected chi connectivity index (χ0v) is 12.9. The van der Waals surface area contributed by atoms with Crippen LogP contribution in [0.15, 0.2) is 24.4 Å². The van der Waals surface area contributed by atoms with Gasteiger partial charge in [0, 0.05) is 28.0 Å². The van der Waals surface area contributed by atoms with Crippen LogP contribution in [0.3, 0.4) is 0 Å². The minimum absolute atomic E-state index is 0.0981. The van der Waals surface area contributed by atoms with E-state index in [0.29, 0.717) is 10.6 Å². The van der Waals surface area contributed by atoms with E-state index in [4.69, 9.17) is 11.6 Å². The first kappa shape index (κ1) is 17.0. The fourth-order valence-electron chi connectivity index (χ4n) is 3.19. The first-order chi connectivity index (χ1) is 11.0. The maximum Gasteiger partial charge on any atom is 0.412 e. The molecule has 2 heterocycles. The lowest BCUT2D eigenvalue weighted by Gasteiger charge is -2.31. The average molecular weight is 369 g/mol. The van der Waals surface area contributed by atoms with Crippen LogP contribution in [-0.2, 0) is 0 Å². The zero-order valence-electron chi connectivity index (χ0n) is 12.2. The summed E-state index contributed by atoms with van der Waals surface area (Å²) in [7, 11) is 0. The highest BCUT2D eigenvalue weighted by molar-refractivity contribution is 6.47. The molecule has 9 heteroatoms. The largest absolute Gasteiger partial charge is 0.412 e. The van der Waals surface area contributed by atoms with E-state index in [0.717, 1.165) is 0 Å². The predicted octanol–water partition coefficient (Wildman–Crippen LogP) is 3.46. The number of hydrogen-bond acceptors (Lipinski definition) is 2. The second kappa shape index (κ2) is 5.34. The molecule has 3 rings (SSSR count). The van der Waals surface area contributed by atoms with Crippen LogP contribution in [0.4, 0.5) is 37.7 Å². The normalized spacial score (nSPS) is 20.2. The monoisotopic (exact) mass is 368 g/mol. The van der Waals surface area contributed by atoms with E-state index in [-0.39, 0.29) is 26.7 Å². The van der Waals surface area contributed by atoms with Gasteiger partial charge in [0.2, 0.25) is 0 Å². The summed E-state index contributed by atoms with van der Waals surface area (Å²) in [6.07, 6.45) is -6.65. The number of hydrogen-bond donors (Lipinski definition) is 1. The van der Waals surface area contributed by atoms with Crippen LogP contribution in [0.5, 0.6) is 0 Å². The van der Waals surface area contributed by atoms with E-state index in [1.165, 1.54) is 31.3 Å². The molecule has 0 bridgehead atoms. The van der Waals surface area contributed by atoms with Crippen LogP contribution >= 0.6 is 11.6 Å². The Labute approximate surface area is 137 Å². The summed E-state index contributed by atoms with van der Waals surface area (Å²) < 4.78 is 78.8. The molecule has 0 fully saturated rings. The van der Waals surface area contributed by atoms with Crippen molar-refractivity contribution >= 4 is 33.6 Å². The Hall–Kier alpha value is -1.83. The number of allylic oxidation sites excluding steroid dienone is 1. The summed E-state index contributed by atoms with van der Waals surface area (Å²) in [6, 6.07) is 0.344. The number of rotatable bonds is 1. The van der Waals surface area contributed by atoms with Crippen molar-refractivity contribution in [3.05, 3.63) is 34.8 Å². The van der Waals surface area contributed by atoms with Gasteiger partial charge in [-0.25, -0.2) is 0 Å². The molecule has 1 N–H and O–H groups in total. The van der Waals surface area contributed by atoms with Gasteiger partial charge in [-0.1, -0.05) is 11.6 Å². The highest BCUT2D eigenvalue weighted by Gasteiger charge is 2.51. The summed E-state index contributed by atoms with van der Waals surface area (Å²) in [5.74, 6) is 0. The van der Waals surface area contributed by atoms with Gasteiger partial charge in [0.15, 0.2) is 0 Å². The molecule has 1 aromatic carbocycles. The molecule has 1 unspecified atom stereocenters. The predicted molar refractivity (Wildman–Crippen MR) is 80.0 cm³/mol. The van der Waals surface area contributed by atoms with Crippen LogP contribution in [0, 0.1) is 0 Å². The maximum absolute atomic E-state index is 13.4. The standard InChI is InChI=1S/C15H11ClF6N2/c1-7-11-10(3-2-9-12(11)8(16)4-5-23-9)24(6-14(17,18)19)13(7)15(20,21)22/h2-5,13,23H,6H2,1H3. The molecule has 0 aromatic heterocycles. The van der Waals surface area contributed by atoms with Crippen LogP contribution in [0.1, 0.15) is 6.92 Å². The smallest absolute Gasteiger partial charge is 0.361 e. The molecule has 0 aliphatic carbocycles. The van der Waals surface area contributed by atoms with Crippen molar-refractivity contribution in [2.45, 2.75) is 25.3 Å². The Morgan fingerprint density at radius 1 is 1.12 bits per heavy atom. The van der Waals surface area contributed by atoms with Crippen molar-refractivity contribution < 1.29 is 26.3 Å². The lowest BCUT2D eigenvalue weighted by molar-refractivity contribution is -0.148. The topological polar surface area (TPSA) is 15.3 Å². The van der Waals surface area contributed by atoms with E-state index in [1.807, 2.05) is 0 Å². The molecule has 2 aliphatic rings. The van der Waals surface area contributed by atoms with Gasteiger partial charge >= 0.3 is 12.4 Å². The van der Waals surface area contributed by atoms with Gasteiger partial charge in [0.25, 0.3) is 0 Å². The van der Waals surface area contributed by atoms with Crippen molar-refractivity contribution in [3.8, 4) is 0 Å². The van der Waals surface area contributed by atoms with Gasteiger partial charge in [-0.3, -0.25) is 0 Å². The quantitative estimate of drug-likeness (QED) is 0.764. The molecule has 0 spiro atoms. The van der Waals surface area contributed by atoms with Crippen molar-refractivity contribution in [2.24, 2.45) is 0 Å². The number of nitrogens with zero attached hydrogens (tertiary/aromatic N) is 1. The molecule has 2 nitrogen and oxygen atoms in total. The lowest BCUT2D eigenvalue weighted by atomic mass is 10.1. The molecule has 0 saturated carbocycles. The average Bonchev–Trinajstić information content (AvgIpc) is 2.69. The van der Waals surface area contributed by atoms with Crippen LogP contribution < -0.4 is 20.7 Å². The minimum atomic E-state index is -4.84. The van der Waals surface area contributed by atoms with Gasteiger partial charge in [-0.2, -0.15) is 26.3 Å². The number of fused-ring (bicyclic) bond motifs is 3. The third kappa shape index (κ3) is 2.72. The van der Waals surface area contributed by atoms with Gasteiger partial charge in [0.05, 0.1) is 5.03 Å².